The monoisotopic (exact) mass is 308 g/mol. The van der Waals surface area contributed by atoms with Crippen molar-refractivity contribution in [3.05, 3.63) is 24.3 Å². The third-order valence-corrected chi connectivity index (χ3v) is 4.64. The van der Waals surface area contributed by atoms with Crippen molar-refractivity contribution in [1.29, 1.82) is 0 Å². The summed E-state index contributed by atoms with van der Waals surface area (Å²) in [5.74, 6) is 0. The predicted molar refractivity (Wildman–Crippen MR) is 69.2 cm³/mol. The van der Waals surface area contributed by atoms with E-state index in [0.29, 0.717) is 5.69 Å². The van der Waals surface area contributed by atoms with Crippen molar-refractivity contribution < 1.29 is 21.6 Å². The highest BCUT2D eigenvalue weighted by Gasteiger charge is 2.46. The Kier molecular flexibility index (Phi) is 4.24. The lowest BCUT2D eigenvalue weighted by molar-refractivity contribution is -0.0435. The quantitative estimate of drug-likeness (QED) is 0.898. The van der Waals surface area contributed by atoms with Gasteiger partial charge in [-0.3, -0.25) is 0 Å². The molecule has 0 bridgehead atoms. The topological polar surface area (TPSA) is 58.2 Å². The molecule has 20 heavy (non-hydrogen) atoms. The van der Waals surface area contributed by atoms with Gasteiger partial charge in [0.25, 0.3) is 9.84 Å². The molecule has 0 saturated carbocycles. The van der Waals surface area contributed by atoms with Gasteiger partial charge < -0.3 is 10.6 Å². The highest BCUT2D eigenvalue weighted by Crippen LogP contribution is 2.31. The second-order valence-electron chi connectivity index (χ2n) is 4.65. The molecule has 1 aromatic carbocycles. The molecule has 0 amide bonds. The molecule has 0 spiro atoms. The van der Waals surface area contributed by atoms with Crippen LogP contribution in [0, 0.1) is 0 Å². The molecule has 0 atom stereocenters. The number of alkyl halides is 3. The van der Waals surface area contributed by atoms with Gasteiger partial charge >= 0.3 is 5.51 Å². The molecule has 0 unspecified atom stereocenters. The van der Waals surface area contributed by atoms with Crippen molar-refractivity contribution in [2.75, 3.05) is 18.4 Å². The Labute approximate surface area is 115 Å². The molecule has 0 aromatic heterocycles. The number of hydrogen-bond donors (Lipinski definition) is 2. The molecule has 1 aliphatic heterocycles. The molecule has 1 aliphatic rings. The molecule has 1 heterocycles. The zero-order valence-corrected chi connectivity index (χ0v) is 11.4. The first-order valence-corrected chi connectivity index (χ1v) is 7.68. The summed E-state index contributed by atoms with van der Waals surface area (Å²) in [4.78, 5) is -0.732. The zero-order chi connectivity index (χ0) is 14.8. The Morgan fingerprint density at radius 3 is 2.45 bits per heavy atom. The minimum atomic E-state index is -5.29. The highest BCUT2D eigenvalue weighted by molar-refractivity contribution is 7.92. The third kappa shape index (κ3) is 3.24. The van der Waals surface area contributed by atoms with E-state index in [0.717, 1.165) is 38.1 Å². The van der Waals surface area contributed by atoms with Crippen LogP contribution in [0.15, 0.2) is 29.2 Å². The lowest BCUT2D eigenvalue weighted by atomic mass is 10.1. The van der Waals surface area contributed by atoms with Gasteiger partial charge in [0.15, 0.2) is 0 Å². The number of benzene rings is 1. The van der Waals surface area contributed by atoms with Crippen LogP contribution in [0.2, 0.25) is 0 Å². The van der Waals surface area contributed by atoms with Gasteiger partial charge in [0.05, 0.1) is 4.90 Å². The summed E-state index contributed by atoms with van der Waals surface area (Å²) in [6, 6.07) is 5.00. The zero-order valence-electron chi connectivity index (χ0n) is 10.6. The maximum atomic E-state index is 12.5. The van der Waals surface area contributed by atoms with Crippen LogP contribution in [0.1, 0.15) is 12.8 Å². The SMILES string of the molecule is O=S(=O)(c1cccc(NC2CCNCC2)c1)C(F)(F)F. The van der Waals surface area contributed by atoms with E-state index in [1.165, 1.54) is 6.07 Å². The Bertz CT molecular complexity index is 566. The second kappa shape index (κ2) is 5.61. The number of halogens is 3. The van der Waals surface area contributed by atoms with Gasteiger partial charge in [0.1, 0.15) is 0 Å². The summed E-state index contributed by atoms with van der Waals surface area (Å²) >= 11 is 0. The molecule has 1 fully saturated rings. The summed E-state index contributed by atoms with van der Waals surface area (Å²) in [5, 5.41) is 6.24. The van der Waals surface area contributed by atoms with Crippen LogP contribution in [-0.4, -0.2) is 33.1 Å². The molecular formula is C12H15F3N2O2S. The average molecular weight is 308 g/mol. The molecule has 1 aromatic rings. The molecule has 0 aliphatic carbocycles. The van der Waals surface area contributed by atoms with Crippen molar-refractivity contribution in [1.82, 2.24) is 5.32 Å². The van der Waals surface area contributed by atoms with Crippen LogP contribution >= 0.6 is 0 Å². The third-order valence-electron chi connectivity index (χ3n) is 3.16. The predicted octanol–water partition coefficient (Wildman–Crippen LogP) is 2.14. The number of sulfone groups is 1. The Balaban J connectivity index is 2.20. The van der Waals surface area contributed by atoms with Crippen molar-refractivity contribution in [3.63, 3.8) is 0 Å². The average Bonchev–Trinajstić information content (AvgIpc) is 2.39. The van der Waals surface area contributed by atoms with Crippen molar-refractivity contribution in [3.8, 4) is 0 Å². The van der Waals surface area contributed by atoms with E-state index in [1.54, 1.807) is 6.07 Å². The van der Waals surface area contributed by atoms with Crippen LogP contribution in [0.5, 0.6) is 0 Å². The van der Waals surface area contributed by atoms with Crippen LogP contribution in [0.3, 0.4) is 0 Å². The molecule has 8 heteroatoms. The number of hydrogen-bond acceptors (Lipinski definition) is 4. The van der Waals surface area contributed by atoms with Crippen LogP contribution < -0.4 is 10.6 Å². The lowest BCUT2D eigenvalue weighted by Crippen LogP contribution is -2.35. The Hall–Kier alpha value is -1.28. The van der Waals surface area contributed by atoms with Crippen LogP contribution in [-0.2, 0) is 9.84 Å². The van der Waals surface area contributed by atoms with Gasteiger partial charge in [-0.25, -0.2) is 8.42 Å². The van der Waals surface area contributed by atoms with Gasteiger partial charge in [-0.15, -0.1) is 0 Å². The molecule has 2 rings (SSSR count). The van der Waals surface area contributed by atoms with E-state index < -0.39 is 20.2 Å². The number of rotatable bonds is 3. The van der Waals surface area contributed by atoms with Crippen molar-refractivity contribution in [2.45, 2.75) is 29.3 Å². The van der Waals surface area contributed by atoms with Gasteiger partial charge in [-0.05, 0) is 44.1 Å². The van der Waals surface area contributed by atoms with Crippen LogP contribution in [0.25, 0.3) is 0 Å². The smallest absolute Gasteiger partial charge is 0.382 e. The first kappa shape index (κ1) is 15.1. The molecule has 2 N–H and O–H groups in total. The molecule has 0 radical (unpaired) electrons. The van der Waals surface area contributed by atoms with E-state index >= 15 is 0 Å². The fourth-order valence-corrected chi connectivity index (χ4v) is 2.90. The van der Waals surface area contributed by atoms with E-state index in [1.807, 2.05) is 0 Å². The summed E-state index contributed by atoms with van der Waals surface area (Å²) < 4.78 is 60.1. The largest absolute Gasteiger partial charge is 0.501 e. The maximum Gasteiger partial charge on any atom is 0.501 e. The van der Waals surface area contributed by atoms with E-state index in [2.05, 4.69) is 10.6 Å². The number of nitrogens with one attached hydrogen (secondary N) is 2. The van der Waals surface area contributed by atoms with Gasteiger partial charge in [0.2, 0.25) is 0 Å². The fraction of sp³-hybridized carbons (Fsp3) is 0.500. The lowest BCUT2D eigenvalue weighted by Gasteiger charge is -2.24. The van der Waals surface area contributed by atoms with Gasteiger partial charge in [0, 0.05) is 11.7 Å². The van der Waals surface area contributed by atoms with Gasteiger partial charge in [-0.1, -0.05) is 6.07 Å². The van der Waals surface area contributed by atoms with Gasteiger partial charge in [-0.2, -0.15) is 13.2 Å². The normalized spacial score (nSPS) is 17.9. The van der Waals surface area contributed by atoms with E-state index in [-0.39, 0.29) is 6.04 Å². The van der Waals surface area contributed by atoms with Crippen molar-refractivity contribution >= 4 is 15.5 Å². The maximum absolute atomic E-state index is 12.5. The number of anilines is 1. The first-order valence-electron chi connectivity index (χ1n) is 6.19. The minimum Gasteiger partial charge on any atom is -0.382 e. The second-order valence-corrected chi connectivity index (χ2v) is 6.59. The highest BCUT2D eigenvalue weighted by atomic mass is 32.2. The first-order chi connectivity index (χ1) is 9.30. The summed E-state index contributed by atoms with van der Waals surface area (Å²) in [5.41, 5.74) is -4.89. The minimum absolute atomic E-state index is 0.139. The Morgan fingerprint density at radius 2 is 1.85 bits per heavy atom. The fourth-order valence-electron chi connectivity index (χ4n) is 2.09. The van der Waals surface area contributed by atoms with E-state index in [9.17, 15) is 21.6 Å². The molecule has 112 valence electrons. The van der Waals surface area contributed by atoms with Crippen LogP contribution in [0.4, 0.5) is 18.9 Å². The molecule has 4 nitrogen and oxygen atoms in total. The summed E-state index contributed by atoms with van der Waals surface area (Å²) in [7, 11) is -5.29. The van der Waals surface area contributed by atoms with E-state index in [4.69, 9.17) is 0 Å². The van der Waals surface area contributed by atoms with Crippen molar-refractivity contribution in [2.24, 2.45) is 0 Å². The summed E-state index contributed by atoms with van der Waals surface area (Å²) in [6.07, 6.45) is 1.69. The number of piperidine rings is 1. The Morgan fingerprint density at radius 1 is 1.20 bits per heavy atom. The molecular weight excluding hydrogens is 293 g/mol. The molecule has 1 saturated heterocycles. The summed E-state index contributed by atoms with van der Waals surface area (Å²) in [6.45, 7) is 1.66. The standard InChI is InChI=1S/C12H15F3N2O2S/c13-12(14,15)20(18,19)11-3-1-2-10(8-11)17-9-4-6-16-7-5-9/h1-3,8-9,16-17H,4-7H2.